The Morgan fingerprint density at radius 1 is 0.786 bits per heavy atom. The molecule has 0 heterocycles. The largest absolute Gasteiger partial charge is 0.423 e. The molecular formula is C26H28O2. The molecule has 0 saturated carbocycles. The first-order valence-corrected chi connectivity index (χ1v) is 10.1. The number of rotatable bonds is 7. The quantitative estimate of drug-likeness (QED) is 0.340. The zero-order valence-electron chi connectivity index (χ0n) is 16.9. The molecule has 0 amide bonds. The number of aryl methyl sites for hydroxylation is 1. The highest BCUT2D eigenvalue weighted by molar-refractivity contribution is 5.91. The second-order valence-corrected chi connectivity index (χ2v) is 7.38. The molecule has 0 N–H and O–H groups in total. The number of carbonyl (C=O) groups is 1. The van der Waals surface area contributed by atoms with Gasteiger partial charge in [0, 0.05) is 0 Å². The predicted octanol–water partition coefficient (Wildman–Crippen LogP) is 6.72. The third-order valence-corrected chi connectivity index (χ3v) is 5.23. The summed E-state index contributed by atoms with van der Waals surface area (Å²) < 4.78 is 5.52. The van der Waals surface area contributed by atoms with E-state index in [9.17, 15) is 4.79 Å². The van der Waals surface area contributed by atoms with Gasteiger partial charge in [0.15, 0.2) is 0 Å². The molecule has 1 atom stereocenters. The molecule has 0 spiro atoms. The Kier molecular flexibility index (Phi) is 6.65. The van der Waals surface area contributed by atoms with Crippen molar-refractivity contribution in [3.05, 3.63) is 89.5 Å². The summed E-state index contributed by atoms with van der Waals surface area (Å²) in [5.74, 6) is 0.907. The van der Waals surface area contributed by atoms with Crippen LogP contribution in [0.2, 0.25) is 0 Å². The summed E-state index contributed by atoms with van der Waals surface area (Å²) in [4.78, 5) is 12.4. The summed E-state index contributed by atoms with van der Waals surface area (Å²) in [7, 11) is 0. The van der Waals surface area contributed by atoms with Crippen LogP contribution in [0, 0.1) is 5.92 Å². The number of carbonyl (C=O) groups excluding carboxylic acids is 1. The van der Waals surface area contributed by atoms with Gasteiger partial charge < -0.3 is 4.74 Å². The Morgan fingerprint density at radius 2 is 1.32 bits per heavy atom. The van der Waals surface area contributed by atoms with Gasteiger partial charge in [0.05, 0.1) is 5.56 Å². The second-order valence-electron chi connectivity index (χ2n) is 7.38. The van der Waals surface area contributed by atoms with Crippen LogP contribution in [-0.2, 0) is 12.8 Å². The normalized spacial score (nSPS) is 11.8. The fraction of sp³-hybridized carbons (Fsp3) is 0.269. The van der Waals surface area contributed by atoms with Crippen LogP contribution in [0.1, 0.15) is 48.7 Å². The third-order valence-electron chi connectivity index (χ3n) is 5.23. The third kappa shape index (κ3) is 5.10. The average molecular weight is 373 g/mol. The lowest BCUT2D eigenvalue weighted by molar-refractivity contribution is 0.0734. The highest BCUT2D eigenvalue weighted by Crippen LogP contribution is 2.22. The first-order valence-electron chi connectivity index (χ1n) is 10.1. The molecule has 3 aromatic carbocycles. The van der Waals surface area contributed by atoms with E-state index in [-0.39, 0.29) is 5.97 Å². The van der Waals surface area contributed by atoms with Gasteiger partial charge in [-0.1, -0.05) is 75.7 Å². The van der Waals surface area contributed by atoms with Crippen molar-refractivity contribution >= 4 is 5.97 Å². The fourth-order valence-electron chi connectivity index (χ4n) is 3.14. The Bertz CT molecular complexity index is 891. The molecule has 0 saturated heterocycles. The van der Waals surface area contributed by atoms with Gasteiger partial charge in [-0.3, -0.25) is 0 Å². The molecular weight excluding hydrogens is 344 g/mol. The van der Waals surface area contributed by atoms with Crippen LogP contribution >= 0.6 is 0 Å². The van der Waals surface area contributed by atoms with Gasteiger partial charge in [0.1, 0.15) is 5.75 Å². The van der Waals surface area contributed by atoms with Crippen LogP contribution in [-0.4, -0.2) is 5.97 Å². The van der Waals surface area contributed by atoms with Crippen molar-refractivity contribution in [2.24, 2.45) is 5.92 Å². The van der Waals surface area contributed by atoms with Crippen LogP contribution in [0.3, 0.4) is 0 Å². The van der Waals surface area contributed by atoms with Crippen LogP contribution < -0.4 is 4.74 Å². The fourth-order valence-corrected chi connectivity index (χ4v) is 3.14. The van der Waals surface area contributed by atoms with Crippen molar-refractivity contribution in [1.29, 1.82) is 0 Å². The zero-order valence-corrected chi connectivity index (χ0v) is 16.9. The molecule has 0 fully saturated rings. The van der Waals surface area contributed by atoms with E-state index in [1.165, 1.54) is 11.1 Å². The van der Waals surface area contributed by atoms with Gasteiger partial charge in [-0.25, -0.2) is 4.79 Å². The lowest BCUT2D eigenvalue weighted by Gasteiger charge is -2.09. The highest BCUT2D eigenvalue weighted by Gasteiger charge is 2.09. The maximum atomic E-state index is 12.4. The van der Waals surface area contributed by atoms with Crippen LogP contribution in [0.25, 0.3) is 11.1 Å². The summed E-state index contributed by atoms with van der Waals surface area (Å²) >= 11 is 0. The van der Waals surface area contributed by atoms with Crippen molar-refractivity contribution in [2.45, 2.75) is 40.0 Å². The van der Waals surface area contributed by atoms with Crippen molar-refractivity contribution in [2.75, 3.05) is 0 Å². The minimum atomic E-state index is -0.331. The van der Waals surface area contributed by atoms with E-state index in [4.69, 9.17) is 4.74 Å². The molecule has 0 radical (unpaired) electrons. The molecule has 144 valence electrons. The van der Waals surface area contributed by atoms with E-state index in [1.54, 1.807) is 0 Å². The van der Waals surface area contributed by atoms with E-state index in [2.05, 4.69) is 45.0 Å². The summed E-state index contributed by atoms with van der Waals surface area (Å²) in [6.07, 6.45) is 3.24. The molecule has 2 heteroatoms. The summed E-state index contributed by atoms with van der Waals surface area (Å²) in [5, 5.41) is 0. The lowest BCUT2D eigenvalue weighted by atomic mass is 9.99. The standard InChI is InChI=1S/C26H28O2/c1-4-19(3)18-21-8-16-25(17-9-21)28-26(27)24-14-12-23(13-15-24)22-10-6-20(5-2)7-11-22/h6-17,19H,4-5,18H2,1-3H3. The lowest BCUT2D eigenvalue weighted by Crippen LogP contribution is -2.08. The van der Waals surface area contributed by atoms with Gasteiger partial charge >= 0.3 is 5.97 Å². The minimum absolute atomic E-state index is 0.331. The molecule has 0 bridgehead atoms. The number of hydrogen-bond acceptors (Lipinski definition) is 2. The van der Waals surface area contributed by atoms with E-state index in [0.717, 1.165) is 30.4 Å². The first-order chi connectivity index (χ1) is 13.6. The molecule has 1 unspecified atom stereocenters. The van der Waals surface area contributed by atoms with Gasteiger partial charge in [-0.05, 0) is 65.3 Å². The zero-order chi connectivity index (χ0) is 19.9. The molecule has 2 nitrogen and oxygen atoms in total. The molecule has 0 aromatic heterocycles. The highest BCUT2D eigenvalue weighted by atomic mass is 16.5. The smallest absolute Gasteiger partial charge is 0.343 e. The van der Waals surface area contributed by atoms with Gasteiger partial charge in [-0.2, -0.15) is 0 Å². The Balaban J connectivity index is 1.64. The molecule has 0 aliphatic heterocycles. The average Bonchev–Trinajstić information content (AvgIpc) is 2.75. The van der Waals surface area contributed by atoms with E-state index < -0.39 is 0 Å². The Hall–Kier alpha value is -2.87. The van der Waals surface area contributed by atoms with Crippen molar-refractivity contribution in [3.8, 4) is 16.9 Å². The van der Waals surface area contributed by atoms with Crippen molar-refractivity contribution in [1.82, 2.24) is 0 Å². The first kappa shape index (κ1) is 19.9. The number of benzene rings is 3. The van der Waals surface area contributed by atoms with Crippen molar-refractivity contribution < 1.29 is 9.53 Å². The maximum absolute atomic E-state index is 12.4. The topological polar surface area (TPSA) is 26.3 Å². The molecule has 0 aliphatic carbocycles. The number of esters is 1. The molecule has 3 rings (SSSR count). The van der Waals surface area contributed by atoms with E-state index in [0.29, 0.717) is 17.2 Å². The van der Waals surface area contributed by atoms with Crippen LogP contribution in [0.5, 0.6) is 5.75 Å². The molecule has 28 heavy (non-hydrogen) atoms. The Labute approximate surface area is 168 Å². The second kappa shape index (κ2) is 9.36. The molecule has 0 aliphatic rings. The minimum Gasteiger partial charge on any atom is -0.423 e. The van der Waals surface area contributed by atoms with Gasteiger partial charge in [0.25, 0.3) is 0 Å². The van der Waals surface area contributed by atoms with Crippen molar-refractivity contribution in [3.63, 3.8) is 0 Å². The molecule has 3 aromatic rings. The summed E-state index contributed by atoms with van der Waals surface area (Å²) in [5.41, 5.74) is 5.38. The van der Waals surface area contributed by atoms with Gasteiger partial charge in [-0.15, -0.1) is 0 Å². The Morgan fingerprint density at radius 3 is 1.86 bits per heavy atom. The number of hydrogen-bond donors (Lipinski definition) is 0. The van der Waals surface area contributed by atoms with Crippen LogP contribution in [0.4, 0.5) is 0 Å². The van der Waals surface area contributed by atoms with E-state index >= 15 is 0 Å². The van der Waals surface area contributed by atoms with Gasteiger partial charge in [0.2, 0.25) is 0 Å². The van der Waals surface area contributed by atoms with Crippen LogP contribution in [0.15, 0.2) is 72.8 Å². The summed E-state index contributed by atoms with van der Waals surface area (Å²) in [6.45, 7) is 6.59. The van der Waals surface area contributed by atoms with E-state index in [1.807, 2.05) is 48.5 Å². The number of ether oxygens (including phenoxy) is 1. The monoisotopic (exact) mass is 372 g/mol. The summed E-state index contributed by atoms with van der Waals surface area (Å²) in [6, 6.07) is 23.9. The predicted molar refractivity (Wildman–Crippen MR) is 116 cm³/mol. The maximum Gasteiger partial charge on any atom is 0.343 e. The SMILES string of the molecule is CCc1ccc(-c2ccc(C(=O)Oc3ccc(CC(C)CC)cc3)cc2)cc1.